The number of carbonyl (C=O) groups is 2. The van der Waals surface area contributed by atoms with Crippen LogP contribution < -0.4 is 0 Å². The van der Waals surface area contributed by atoms with Crippen LogP contribution in [0.5, 0.6) is 0 Å². The van der Waals surface area contributed by atoms with Crippen molar-refractivity contribution in [3.8, 4) is 0 Å². The Morgan fingerprint density at radius 1 is 1.16 bits per heavy atom. The summed E-state index contributed by atoms with van der Waals surface area (Å²) in [4.78, 5) is 26.9. The molecule has 0 radical (unpaired) electrons. The van der Waals surface area contributed by atoms with E-state index in [1.54, 1.807) is 0 Å². The Labute approximate surface area is 140 Å². The minimum atomic E-state index is -3.92. The number of halogens is 1. The number of nitrogens with zero attached hydrogens (tertiary/aromatic N) is 2. The summed E-state index contributed by atoms with van der Waals surface area (Å²) in [7, 11) is -3.92. The molecule has 25 heavy (non-hydrogen) atoms. The van der Waals surface area contributed by atoms with Crippen molar-refractivity contribution in [1.29, 1.82) is 0 Å². The van der Waals surface area contributed by atoms with Gasteiger partial charge in [0.05, 0.1) is 11.3 Å². The highest BCUT2D eigenvalue weighted by atomic mass is 32.2. The largest absolute Gasteiger partial charge is 0.467 e. The van der Waals surface area contributed by atoms with Crippen molar-refractivity contribution in [2.24, 2.45) is 0 Å². The van der Waals surface area contributed by atoms with Crippen LogP contribution in [-0.2, 0) is 21.1 Å². The highest BCUT2D eigenvalue weighted by molar-refractivity contribution is 7.91. The molecular weight excluding hydrogens is 353 g/mol. The summed E-state index contributed by atoms with van der Waals surface area (Å²) in [5.41, 5.74) is 0. The third-order valence-corrected chi connectivity index (χ3v) is 5.00. The fourth-order valence-electron chi connectivity index (χ4n) is 2.03. The summed E-state index contributed by atoms with van der Waals surface area (Å²) in [5, 5.41) is 5.82. The van der Waals surface area contributed by atoms with E-state index in [-0.39, 0.29) is 21.4 Å². The number of furan rings is 1. The molecular formula is C15H10FN3O5S. The molecule has 1 aromatic carbocycles. The van der Waals surface area contributed by atoms with E-state index in [0.29, 0.717) is 0 Å². The molecule has 0 saturated heterocycles. The summed E-state index contributed by atoms with van der Waals surface area (Å²) in [6.45, 7) is 0. The number of sulfone groups is 1. The van der Waals surface area contributed by atoms with Crippen LogP contribution in [0.1, 0.15) is 16.4 Å². The number of Topliss-reactive ketones (excluding diaryl/α,β-unsaturated/α-hetero) is 2. The second-order valence-corrected chi connectivity index (χ2v) is 6.91. The SMILES string of the molecule is O=C(Cc1cc(S(=O)(=O)c2ccc(F)cc2)co1)C(=O)c1nc[nH]n1. The summed E-state index contributed by atoms with van der Waals surface area (Å²) >= 11 is 0. The molecule has 1 N–H and O–H groups in total. The molecule has 0 saturated carbocycles. The zero-order chi connectivity index (χ0) is 18.0. The number of H-pyrrole nitrogens is 1. The standard InChI is InChI=1S/C15H10FN3O5S/c16-9-1-3-11(4-2-9)25(22,23)12-5-10(24-7-12)6-13(20)14(21)15-17-8-18-19-15/h1-5,7-8H,6H2,(H,17,18,19). The molecule has 10 heteroatoms. The molecule has 128 valence electrons. The van der Waals surface area contributed by atoms with Gasteiger partial charge in [0.25, 0.3) is 5.78 Å². The molecule has 0 fully saturated rings. The smallest absolute Gasteiger partial charge is 0.268 e. The average Bonchev–Trinajstić information content (AvgIpc) is 3.26. The minimum absolute atomic E-state index is 0.00503. The fourth-order valence-corrected chi connectivity index (χ4v) is 3.25. The quantitative estimate of drug-likeness (QED) is 0.398. The number of aromatic amines is 1. The maximum atomic E-state index is 12.9. The van der Waals surface area contributed by atoms with Crippen LogP contribution in [0.15, 0.2) is 57.1 Å². The number of rotatable bonds is 6. The number of hydrogen-bond donors (Lipinski definition) is 1. The molecule has 0 aliphatic heterocycles. The number of hydrogen-bond acceptors (Lipinski definition) is 7. The molecule has 2 heterocycles. The van der Waals surface area contributed by atoms with E-state index in [0.717, 1.165) is 42.9 Å². The summed E-state index contributed by atoms with van der Waals surface area (Å²) < 4.78 is 42.8. The monoisotopic (exact) mass is 363 g/mol. The van der Waals surface area contributed by atoms with Gasteiger partial charge in [0.1, 0.15) is 29.1 Å². The summed E-state index contributed by atoms with van der Waals surface area (Å²) in [6.07, 6.45) is 1.67. The number of carbonyl (C=O) groups excluding carboxylic acids is 2. The van der Waals surface area contributed by atoms with Crippen molar-refractivity contribution in [3.05, 3.63) is 60.3 Å². The molecule has 8 nitrogen and oxygen atoms in total. The van der Waals surface area contributed by atoms with E-state index in [2.05, 4.69) is 15.2 Å². The van der Waals surface area contributed by atoms with E-state index in [4.69, 9.17) is 4.42 Å². The Balaban J connectivity index is 1.79. The van der Waals surface area contributed by atoms with Gasteiger partial charge in [-0.1, -0.05) is 0 Å². The average molecular weight is 363 g/mol. The molecule has 0 spiro atoms. The molecule has 0 atom stereocenters. The molecule has 0 aliphatic carbocycles. The first-order chi connectivity index (χ1) is 11.9. The van der Waals surface area contributed by atoms with Crippen molar-refractivity contribution in [1.82, 2.24) is 15.2 Å². The van der Waals surface area contributed by atoms with Crippen molar-refractivity contribution < 1.29 is 26.8 Å². The Bertz CT molecular complexity index is 1020. The van der Waals surface area contributed by atoms with Gasteiger partial charge < -0.3 is 4.42 Å². The van der Waals surface area contributed by atoms with Crippen LogP contribution in [0.4, 0.5) is 4.39 Å². The Hall–Kier alpha value is -3.14. The van der Waals surface area contributed by atoms with Crippen molar-refractivity contribution in [2.45, 2.75) is 16.2 Å². The zero-order valence-electron chi connectivity index (χ0n) is 12.5. The van der Waals surface area contributed by atoms with Crippen molar-refractivity contribution in [2.75, 3.05) is 0 Å². The molecule has 3 aromatic rings. The number of nitrogens with one attached hydrogen (secondary N) is 1. The van der Waals surface area contributed by atoms with Crippen molar-refractivity contribution in [3.63, 3.8) is 0 Å². The second kappa shape index (κ2) is 6.40. The third-order valence-electron chi connectivity index (χ3n) is 3.27. The zero-order valence-corrected chi connectivity index (χ0v) is 13.3. The third kappa shape index (κ3) is 3.38. The van der Waals surface area contributed by atoms with Gasteiger partial charge in [0, 0.05) is 0 Å². The van der Waals surface area contributed by atoms with E-state index in [1.807, 2.05) is 0 Å². The van der Waals surface area contributed by atoms with Crippen LogP contribution in [0, 0.1) is 5.82 Å². The fraction of sp³-hybridized carbons (Fsp3) is 0.0667. The molecule has 3 rings (SSSR count). The van der Waals surface area contributed by atoms with Crippen LogP contribution >= 0.6 is 0 Å². The molecule has 2 aromatic heterocycles. The van der Waals surface area contributed by atoms with Crippen LogP contribution in [0.3, 0.4) is 0 Å². The first-order valence-electron chi connectivity index (χ1n) is 6.89. The first-order valence-corrected chi connectivity index (χ1v) is 8.37. The highest BCUT2D eigenvalue weighted by Gasteiger charge is 2.24. The normalized spacial score (nSPS) is 11.4. The lowest BCUT2D eigenvalue weighted by Crippen LogP contribution is -2.17. The Morgan fingerprint density at radius 3 is 2.52 bits per heavy atom. The van der Waals surface area contributed by atoms with E-state index < -0.39 is 33.6 Å². The van der Waals surface area contributed by atoms with Gasteiger partial charge in [-0.25, -0.2) is 17.8 Å². The summed E-state index contributed by atoms with van der Waals surface area (Å²) in [5.74, 6) is -2.62. The second-order valence-electron chi connectivity index (χ2n) is 4.96. The van der Waals surface area contributed by atoms with Crippen LogP contribution in [0.25, 0.3) is 0 Å². The van der Waals surface area contributed by atoms with Gasteiger partial charge in [0.2, 0.25) is 21.4 Å². The predicted octanol–water partition coefficient (Wildman–Crippen LogP) is 1.36. The lowest BCUT2D eigenvalue weighted by Gasteiger charge is -2.00. The van der Waals surface area contributed by atoms with Crippen molar-refractivity contribution >= 4 is 21.4 Å². The Kier molecular flexibility index (Phi) is 4.28. The molecule has 0 unspecified atom stereocenters. The maximum Gasteiger partial charge on any atom is 0.268 e. The highest BCUT2D eigenvalue weighted by Crippen LogP contribution is 2.23. The van der Waals surface area contributed by atoms with Gasteiger partial charge in [0.15, 0.2) is 0 Å². The lowest BCUT2D eigenvalue weighted by molar-refractivity contribution is -0.114. The number of aromatic nitrogens is 3. The number of benzene rings is 1. The van der Waals surface area contributed by atoms with Gasteiger partial charge >= 0.3 is 0 Å². The van der Waals surface area contributed by atoms with Gasteiger partial charge in [-0.2, -0.15) is 0 Å². The summed E-state index contributed by atoms with van der Waals surface area (Å²) in [6, 6.07) is 5.42. The first kappa shape index (κ1) is 16.7. The van der Waals surface area contributed by atoms with Crippen LogP contribution in [0.2, 0.25) is 0 Å². The maximum absolute atomic E-state index is 12.9. The van der Waals surface area contributed by atoms with Gasteiger partial charge in [-0.05, 0) is 30.3 Å². The lowest BCUT2D eigenvalue weighted by atomic mass is 10.1. The predicted molar refractivity (Wildman–Crippen MR) is 80.0 cm³/mol. The van der Waals surface area contributed by atoms with E-state index >= 15 is 0 Å². The molecule has 0 bridgehead atoms. The Morgan fingerprint density at radius 2 is 1.88 bits per heavy atom. The minimum Gasteiger partial charge on any atom is -0.467 e. The number of ketones is 2. The van der Waals surface area contributed by atoms with Crippen LogP contribution in [-0.4, -0.2) is 35.2 Å². The van der Waals surface area contributed by atoms with E-state index in [1.165, 1.54) is 0 Å². The molecule has 0 aliphatic rings. The molecule has 0 amide bonds. The van der Waals surface area contributed by atoms with Gasteiger partial charge in [-0.15, -0.1) is 5.10 Å². The van der Waals surface area contributed by atoms with E-state index in [9.17, 15) is 22.4 Å². The topological polar surface area (TPSA) is 123 Å². The van der Waals surface area contributed by atoms with Gasteiger partial charge in [-0.3, -0.25) is 14.7 Å².